The molecule has 2 rings (SSSR count). The summed E-state index contributed by atoms with van der Waals surface area (Å²) in [5, 5.41) is 9.13. The lowest BCUT2D eigenvalue weighted by Crippen LogP contribution is -2.39. The number of halogens is 1. The molecule has 1 fully saturated rings. The van der Waals surface area contributed by atoms with E-state index in [1.165, 1.54) is 6.07 Å². The van der Waals surface area contributed by atoms with Gasteiger partial charge in [-0.15, -0.1) is 0 Å². The minimum Gasteiger partial charge on any atom is -0.392 e. The second kappa shape index (κ2) is 7.94. The molecule has 1 aliphatic rings. The first-order valence-corrected chi connectivity index (χ1v) is 10.1. The Balaban J connectivity index is 1.97. The van der Waals surface area contributed by atoms with E-state index in [1.807, 2.05) is 11.8 Å². The van der Waals surface area contributed by atoms with Gasteiger partial charge in [-0.1, -0.05) is 6.07 Å². The van der Waals surface area contributed by atoms with Gasteiger partial charge in [-0.3, -0.25) is 0 Å². The molecule has 5 nitrogen and oxygen atoms in total. The number of sulfonamides is 1. The highest BCUT2D eigenvalue weighted by Gasteiger charge is 2.18. The minimum atomic E-state index is -3.56. The maximum absolute atomic E-state index is 12.3. The Morgan fingerprint density at radius 3 is 2.71 bits per heavy atom. The van der Waals surface area contributed by atoms with Crippen LogP contribution >= 0.6 is 27.7 Å². The summed E-state index contributed by atoms with van der Waals surface area (Å²) in [4.78, 5) is 2.43. The molecular weight excluding hydrogens is 376 g/mol. The van der Waals surface area contributed by atoms with Crippen LogP contribution in [0.25, 0.3) is 0 Å². The molecule has 1 heterocycles. The summed E-state index contributed by atoms with van der Waals surface area (Å²) >= 11 is 5.18. The van der Waals surface area contributed by atoms with E-state index in [-0.39, 0.29) is 11.5 Å². The maximum Gasteiger partial charge on any atom is 0.241 e. The molecule has 8 heteroatoms. The number of benzene rings is 1. The van der Waals surface area contributed by atoms with Crippen LogP contribution < -0.4 is 4.72 Å². The predicted octanol–water partition coefficient (Wildman–Crippen LogP) is 1.27. The monoisotopic (exact) mass is 394 g/mol. The molecule has 1 aromatic rings. The fourth-order valence-electron chi connectivity index (χ4n) is 2.09. The van der Waals surface area contributed by atoms with Gasteiger partial charge >= 0.3 is 0 Å². The Bertz CT molecular complexity index is 575. The topological polar surface area (TPSA) is 69.6 Å². The van der Waals surface area contributed by atoms with Crippen LogP contribution in [-0.4, -0.2) is 56.1 Å². The average Bonchev–Trinajstić information content (AvgIpc) is 2.48. The van der Waals surface area contributed by atoms with Crippen molar-refractivity contribution in [2.45, 2.75) is 11.5 Å². The van der Waals surface area contributed by atoms with Crippen molar-refractivity contribution in [3.8, 4) is 0 Å². The lowest BCUT2D eigenvalue weighted by atomic mass is 10.2. The SMILES string of the molecule is O=S(=O)(NCCN1CCSCC1)c1cc(CO)ccc1Br. The van der Waals surface area contributed by atoms with Gasteiger partial charge in [0.05, 0.1) is 11.5 Å². The summed E-state index contributed by atoms with van der Waals surface area (Å²) in [6, 6.07) is 4.82. The Morgan fingerprint density at radius 1 is 1.33 bits per heavy atom. The summed E-state index contributed by atoms with van der Waals surface area (Å²) in [5.74, 6) is 2.22. The number of hydrogen-bond acceptors (Lipinski definition) is 5. The predicted molar refractivity (Wildman–Crippen MR) is 89.0 cm³/mol. The lowest BCUT2D eigenvalue weighted by molar-refractivity contribution is 0.281. The minimum absolute atomic E-state index is 0.170. The molecule has 1 aliphatic heterocycles. The van der Waals surface area contributed by atoms with Gasteiger partial charge in [0.1, 0.15) is 0 Å². The average molecular weight is 395 g/mol. The Morgan fingerprint density at radius 2 is 2.05 bits per heavy atom. The molecule has 0 saturated carbocycles. The summed E-state index contributed by atoms with van der Waals surface area (Å²) in [7, 11) is -3.56. The lowest BCUT2D eigenvalue weighted by Gasteiger charge is -2.26. The normalized spacial score (nSPS) is 17.0. The number of thioether (sulfide) groups is 1. The second-order valence-electron chi connectivity index (χ2n) is 4.77. The second-order valence-corrected chi connectivity index (χ2v) is 8.59. The molecule has 2 N–H and O–H groups in total. The third kappa shape index (κ3) is 4.94. The van der Waals surface area contributed by atoms with Crippen LogP contribution in [-0.2, 0) is 16.6 Å². The van der Waals surface area contributed by atoms with Gasteiger partial charge in [-0.2, -0.15) is 11.8 Å². The van der Waals surface area contributed by atoms with Crippen molar-refractivity contribution in [3.63, 3.8) is 0 Å². The summed E-state index contributed by atoms with van der Waals surface area (Å²) in [6.07, 6.45) is 0. The van der Waals surface area contributed by atoms with E-state index in [0.717, 1.165) is 31.1 Å². The molecule has 0 spiro atoms. The molecule has 0 aliphatic carbocycles. The van der Waals surface area contributed by atoms with Crippen LogP contribution in [0.2, 0.25) is 0 Å². The van der Waals surface area contributed by atoms with Crippen molar-refractivity contribution in [1.82, 2.24) is 9.62 Å². The van der Waals surface area contributed by atoms with Crippen LogP contribution in [0.1, 0.15) is 5.56 Å². The fraction of sp³-hybridized carbons (Fsp3) is 0.538. The number of rotatable bonds is 6. The molecule has 0 unspecified atom stereocenters. The Labute approximate surface area is 138 Å². The van der Waals surface area contributed by atoms with Crippen LogP contribution in [0.4, 0.5) is 0 Å². The fourth-order valence-corrected chi connectivity index (χ4v) is 5.10. The van der Waals surface area contributed by atoms with Crippen molar-refractivity contribution in [2.75, 3.05) is 37.7 Å². The van der Waals surface area contributed by atoms with Crippen molar-refractivity contribution < 1.29 is 13.5 Å². The van der Waals surface area contributed by atoms with Gasteiger partial charge in [0.25, 0.3) is 0 Å². The molecule has 1 saturated heterocycles. The zero-order chi connectivity index (χ0) is 15.3. The van der Waals surface area contributed by atoms with Gasteiger partial charge in [0.15, 0.2) is 0 Å². The van der Waals surface area contributed by atoms with Gasteiger partial charge in [0.2, 0.25) is 10.0 Å². The maximum atomic E-state index is 12.3. The quantitative estimate of drug-likeness (QED) is 0.759. The summed E-state index contributed by atoms with van der Waals surface area (Å²) < 4.78 is 27.8. The zero-order valence-corrected chi connectivity index (χ0v) is 14.8. The third-order valence-corrected chi connectivity index (χ3v) is 6.69. The first kappa shape index (κ1) is 17.2. The smallest absolute Gasteiger partial charge is 0.241 e. The third-order valence-electron chi connectivity index (χ3n) is 3.29. The molecule has 118 valence electrons. The van der Waals surface area contributed by atoms with Crippen LogP contribution in [0.5, 0.6) is 0 Å². The highest BCUT2D eigenvalue weighted by Crippen LogP contribution is 2.23. The standard InChI is InChI=1S/C13H19BrN2O3S2/c14-12-2-1-11(10-17)9-13(12)21(18,19)15-3-4-16-5-7-20-8-6-16/h1-2,9,15,17H,3-8,10H2. The highest BCUT2D eigenvalue weighted by molar-refractivity contribution is 9.10. The van der Waals surface area contributed by atoms with E-state index in [2.05, 4.69) is 25.6 Å². The van der Waals surface area contributed by atoms with Crippen molar-refractivity contribution in [1.29, 1.82) is 0 Å². The van der Waals surface area contributed by atoms with Crippen LogP contribution in [0, 0.1) is 0 Å². The molecule has 1 aromatic carbocycles. The molecule has 0 aromatic heterocycles. The van der Waals surface area contributed by atoms with E-state index in [0.29, 0.717) is 16.6 Å². The van der Waals surface area contributed by atoms with Crippen LogP contribution in [0.3, 0.4) is 0 Å². The Hall–Kier alpha value is -0.120. The van der Waals surface area contributed by atoms with Crippen molar-refractivity contribution in [2.24, 2.45) is 0 Å². The first-order valence-electron chi connectivity index (χ1n) is 6.72. The summed E-state index contributed by atoms with van der Waals surface area (Å²) in [6.45, 7) is 2.95. The number of nitrogens with zero attached hydrogens (tertiary/aromatic N) is 1. The molecule has 0 atom stereocenters. The van der Waals surface area contributed by atoms with E-state index in [1.54, 1.807) is 12.1 Å². The molecule has 0 radical (unpaired) electrons. The molecule has 21 heavy (non-hydrogen) atoms. The molecular formula is C13H19BrN2O3S2. The first-order chi connectivity index (χ1) is 10.0. The van der Waals surface area contributed by atoms with Gasteiger partial charge in [-0.05, 0) is 33.6 Å². The number of nitrogens with one attached hydrogen (secondary N) is 1. The summed E-state index contributed by atoms with van der Waals surface area (Å²) in [5.41, 5.74) is 0.576. The highest BCUT2D eigenvalue weighted by atomic mass is 79.9. The largest absolute Gasteiger partial charge is 0.392 e. The number of hydrogen-bond donors (Lipinski definition) is 2. The van der Waals surface area contributed by atoms with E-state index in [9.17, 15) is 8.42 Å². The van der Waals surface area contributed by atoms with Gasteiger partial charge < -0.3 is 10.0 Å². The van der Waals surface area contributed by atoms with Gasteiger partial charge in [0, 0.05) is 42.2 Å². The zero-order valence-electron chi connectivity index (χ0n) is 11.6. The Kier molecular flexibility index (Phi) is 6.51. The van der Waals surface area contributed by atoms with E-state index in [4.69, 9.17) is 5.11 Å². The van der Waals surface area contributed by atoms with Crippen molar-refractivity contribution >= 4 is 37.7 Å². The van der Waals surface area contributed by atoms with E-state index >= 15 is 0 Å². The molecule has 0 amide bonds. The van der Waals surface area contributed by atoms with Crippen molar-refractivity contribution in [3.05, 3.63) is 28.2 Å². The van der Waals surface area contributed by atoms with Crippen LogP contribution in [0.15, 0.2) is 27.6 Å². The molecule has 0 bridgehead atoms. The van der Waals surface area contributed by atoms with Gasteiger partial charge in [-0.25, -0.2) is 13.1 Å². The number of aliphatic hydroxyl groups excluding tert-OH is 1. The number of aliphatic hydroxyl groups is 1. The van der Waals surface area contributed by atoms with E-state index < -0.39 is 10.0 Å².